The second-order valence-corrected chi connectivity index (χ2v) is 6.07. The number of carbonyl (C=O) groups is 1. The monoisotopic (exact) mass is 307 g/mol. The highest BCUT2D eigenvalue weighted by Crippen LogP contribution is 2.19. The molecule has 3 N–H and O–H groups in total. The number of urea groups is 1. The molecule has 1 saturated heterocycles. The van der Waals surface area contributed by atoms with Crippen molar-refractivity contribution in [2.75, 3.05) is 26.2 Å². The van der Waals surface area contributed by atoms with Crippen molar-refractivity contribution < 1.29 is 4.79 Å². The summed E-state index contributed by atoms with van der Waals surface area (Å²) in [5, 5.41) is 5.72. The van der Waals surface area contributed by atoms with Crippen LogP contribution in [0, 0.1) is 12.8 Å². The van der Waals surface area contributed by atoms with Crippen LogP contribution in [-0.2, 0) is 13.0 Å². The van der Waals surface area contributed by atoms with Crippen LogP contribution < -0.4 is 10.6 Å². The first-order valence-corrected chi connectivity index (χ1v) is 8.40. The van der Waals surface area contributed by atoms with Crippen molar-refractivity contribution in [1.29, 1.82) is 0 Å². The normalized spacial score (nSPS) is 16.7. The van der Waals surface area contributed by atoms with Crippen LogP contribution in [0.5, 0.6) is 0 Å². The Bertz CT molecular complexity index is 477. The maximum absolute atomic E-state index is 11.4. The van der Waals surface area contributed by atoms with Crippen LogP contribution >= 0.6 is 0 Å². The van der Waals surface area contributed by atoms with E-state index in [9.17, 15) is 4.79 Å². The molecule has 6 heteroatoms. The molecule has 6 nitrogen and oxygen atoms in total. The van der Waals surface area contributed by atoms with Crippen LogP contribution in [-0.4, -0.2) is 47.1 Å². The molecular weight excluding hydrogens is 278 g/mol. The molecule has 1 fully saturated rings. The summed E-state index contributed by atoms with van der Waals surface area (Å²) in [4.78, 5) is 21.9. The van der Waals surface area contributed by atoms with Crippen LogP contribution in [0.1, 0.15) is 43.9 Å². The first-order chi connectivity index (χ1) is 10.6. The summed E-state index contributed by atoms with van der Waals surface area (Å²) in [5.74, 6) is 1.67. The molecule has 2 heterocycles. The van der Waals surface area contributed by atoms with E-state index in [1.807, 2.05) is 6.92 Å². The SMILES string of the molecule is CCNC(=O)NCC1CCN(Cc2nc(CC)[nH]c2C)CC1. The van der Waals surface area contributed by atoms with Crippen molar-refractivity contribution in [2.45, 2.75) is 46.6 Å². The van der Waals surface area contributed by atoms with E-state index in [0.717, 1.165) is 51.3 Å². The van der Waals surface area contributed by atoms with Crippen molar-refractivity contribution in [1.82, 2.24) is 25.5 Å². The molecular formula is C16H29N5O. The standard InChI is InChI=1S/C16H29N5O/c1-4-15-19-12(3)14(20-15)11-21-8-6-13(7-9-21)10-18-16(22)17-5-2/h13H,4-11H2,1-3H3,(H,19,20)(H2,17,18,22). The van der Waals surface area contributed by atoms with Crippen LogP contribution in [0.25, 0.3) is 0 Å². The third-order valence-corrected chi connectivity index (χ3v) is 4.34. The fourth-order valence-corrected chi connectivity index (χ4v) is 2.91. The molecule has 0 spiro atoms. The van der Waals surface area contributed by atoms with E-state index in [1.165, 1.54) is 11.4 Å². The van der Waals surface area contributed by atoms with E-state index in [0.29, 0.717) is 12.5 Å². The highest BCUT2D eigenvalue weighted by molar-refractivity contribution is 5.73. The molecule has 124 valence electrons. The number of hydrogen-bond acceptors (Lipinski definition) is 3. The number of imidazole rings is 1. The van der Waals surface area contributed by atoms with Gasteiger partial charge in [-0.05, 0) is 45.7 Å². The number of aromatic amines is 1. The Kier molecular flexibility index (Phi) is 6.24. The van der Waals surface area contributed by atoms with Crippen LogP contribution in [0.2, 0.25) is 0 Å². The minimum Gasteiger partial charge on any atom is -0.346 e. The average molecular weight is 307 g/mol. The van der Waals surface area contributed by atoms with Crippen LogP contribution in [0.3, 0.4) is 0 Å². The first-order valence-electron chi connectivity index (χ1n) is 8.40. The molecule has 1 aromatic heterocycles. The number of H-pyrrole nitrogens is 1. The molecule has 0 unspecified atom stereocenters. The lowest BCUT2D eigenvalue weighted by Gasteiger charge is -2.31. The molecule has 1 aliphatic heterocycles. The lowest BCUT2D eigenvalue weighted by atomic mass is 9.96. The number of aromatic nitrogens is 2. The van der Waals surface area contributed by atoms with Gasteiger partial charge in [0.05, 0.1) is 5.69 Å². The molecule has 0 aliphatic carbocycles. The van der Waals surface area contributed by atoms with Crippen molar-refractivity contribution in [3.8, 4) is 0 Å². The molecule has 1 aliphatic rings. The van der Waals surface area contributed by atoms with Gasteiger partial charge in [-0.3, -0.25) is 4.90 Å². The average Bonchev–Trinajstić information content (AvgIpc) is 2.87. The zero-order valence-corrected chi connectivity index (χ0v) is 14.0. The van der Waals surface area contributed by atoms with Crippen LogP contribution in [0.4, 0.5) is 4.79 Å². The molecule has 0 atom stereocenters. The molecule has 0 saturated carbocycles. The first kappa shape index (κ1) is 16.8. The van der Waals surface area contributed by atoms with Gasteiger partial charge in [0, 0.05) is 31.7 Å². The molecule has 0 bridgehead atoms. The predicted molar refractivity (Wildman–Crippen MR) is 87.8 cm³/mol. The molecule has 0 radical (unpaired) electrons. The predicted octanol–water partition coefficient (Wildman–Crippen LogP) is 1.81. The zero-order valence-electron chi connectivity index (χ0n) is 14.0. The van der Waals surface area contributed by atoms with Gasteiger partial charge in [0.1, 0.15) is 5.82 Å². The molecule has 2 rings (SSSR count). The molecule has 2 amide bonds. The number of nitrogens with zero attached hydrogens (tertiary/aromatic N) is 2. The Morgan fingerprint density at radius 2 is 2.05 bits per heavy atom. The van der Waals surface area contributed by atoms with E-state index in [2.05, 4.69) is 39.3 Å². The largest absolute Gasteiger partial charge is 0.346 e. The topological polar surface area (TPSA) is 73.1 Å². The minimum absolute atomic E-state index is 0.0517. The number of aryl methyl sites for hydroxylation is 2. The number of amides is 2. The Balaban J connectivity index is 1.72. The van der Waals surface area contributed by atoms with Gasteiger partial charge in [-0.2, -0.15) is 0 Å². The van der Waals surface area contributed by atoms with Gasteiger partial charge in [0.2, 0.25) is 0 Å². The number of nitrogens with one attached hydrogen (secondary N) is 3. The fourth-order valence-electron chi connectivity index (χ4n) is 2.91. The van der Waals surface area contributed by atoms with Crippen molar-refractivity contribution >= 4 is 6.03 Å². The van der Waals surface area contributed by atoms with Gasteiger partial charge < -0.3 is 15.6 Å². The number of carbonyl (C=O) groups excluding carboxylic acids is 1. The summed E-state index contributed by atoms with van der Waals surface area (Å²) in [6.07, 6.45) is 3.22. The summed E-state index contributed by atoms with van der Waals surface area (Å²) < 4.78 is 0. The highest BCUT2D eigenvalue weighted by Gasteiger charge is 2.21. The quantitative estimate of drug-likeness (QED) is 0.750. The molecule has 0 aromatic carbocycles. The van der Waals surface area contributed by atoms with Gasteiger partial charge in [0.25, 0.3) is 0 Å². The minimum atomic E-state index is -0.0517. The van der Waals surface area contributed by atoms with Gasteiger partial charge >= 0.3 is 6.03 Å². The smallest absolute Gasteiger partial charge is 0.314 e. The second-order valence-electron chi connectivity index (χ2n) is 6.07. The zero-order chi connectivity index (χ0) is 15.9. The Labute approximate surface area is 133 Å². The summed E-state index contributed by atoms with van der Waals surface area (Å²) in [6, 6.07) is -0.0517. The lowest BCUT2D eigenvalue weighted by Crippen LogP contribution is -2.41. The van der Waals surface area contributed by atoms with Gasteiger partial charge in [0.15, 0.2) is 0 Å². The van der Waals surface area contributed by atoms with Gasteiger partial charge in [-0.1, -0.05) is 6.92 Å². The summed E-state index contributed by atoms with van der Waals surface area (Å²) in [7, 11) is 0. The molecule has 1 aromatic rings. The Morgan fingerprint density at radius 1 is 1.32 bits per heavy atom. The molecule has 22 heavy (non-hydrogen) atoms. The maximum Gasteiger partial charge on any atom is 0.314 e. The highest BCUT2D eigenvalue weighted by atomic mass is 16.2. The van der Waals surface area contributed by atoms with Crippen molar-refractivity contribution in [3.05, 3.63) is 17.2 Å². The summed E-state index contributed by atoms with van der Waals surface area (Å²) >= 11 is 0. The summed E-state index contributed by atoms with van der Waals surface area (Å²) in [6.45, 7) is 10.7. The van der Waals surface area contributed by atoms with Crippen molar-refractivity contribution in [3.63, 3.8) is 0 Å². The fraction of sp³-hybridized carbons (Fsp3) is 0.750. The maximum atomic E-state index is 11.4. The Morgan fingerprint density at radius 3 is 2.64 bits per heavy atom. The lowest BCUT2D eigenvalue weighted by molar-refractivity contribution is 0.173. The number of likely N-dealkylation sites (tertiary alicyclic amines) is 1. The number of hydrogen-bond donors (Lipinski definition) is 3. The van der Waals surface area contributed by atoms with Gasteiger partial charge in [-0.25, -0.2) is 9.78 Å². The number of piperidine rings is 1. The van der Waals surface area contributed by atoms with E-state index in [-0.39, 0.29) is 6.03 Å². The van der Waals surface area contributed by atoms with Gasteiger partial charge in [-0.15, -0.1) is 0 Å². The number of rotatable bonds is 6. The summed E-state index contributed by atoms with van der Waals surface area (Å²) in [5.41, 5.74) is 2.37. The third kappa shape index (κ3) is 4.73. The Hall–Kier alpha value is -1.56. The van der Waals surface area contributed by atoms with Crippen LogP contribution in [0.15, 0.2) is 0 Å². The van der Waals surface area contributed by atoms with E-state index in [4.69, 9.17) is 0 Å². The van der Waals surface area contributed by atoms with Crippen molar-refractivity contribution in [2.24, 2.45) is 5.92 Å². The van der Waals surface area contributed by atoms with E-state index in [1.54, 1.807) is 0 Å². The second kappa shape index (κ2) is 8.17. The third-order valence-electron chi connectivity index (χ3n) is 4.34. The van der Waals surface area contributed by atoms with E-state index >= 15 is 0 Å². The van der Waals surface area contributed by atoms with E-state index < -0.39 is 0 Å².